The third kappa shape index (κ3) is 1.28. The lowest BCUT2D eigenvalue weighted by Crippen LogP contribution is -2.08. The zero-order valence-corrected chi connectivity index (χ0v) is 7.43. The summed E-state index contributed by atoms with van der Waals surface area (Å²) in [6, 6.07) is 3.97. The summed E-state index contributed by atoms with van der Waals surface area (Å²) in [4.78, 5) is 4.18. The van der Waals surface area contributed by atoms with Gasteiger partial charge in [-0.3, -0.25) is 0 Å². The predicted molar refractivity (Wildman–Crippen MR) is 49.6 cm³/mol. The molecule has 2 heterocycles. The second kappa shape index (κ2) is 2.66. The molecule has 0 saturated heterocycles. The molecule has 0 atom stereocenters. The fraction of sp³-hybridized carbons (Fsp3) is 0.125. The summed E-state index contributed by atoms with van der Waals surface area (Å²) in [6.07, 6.45) is 3.87. The SMILES string of the molecule is BrC1=Cc2cccnc2NC1. The lowest BCUT2D eigenvalue weighted by atomic mass is 10.2. The summed E-state index contributed by atoms with van der Waals surface area (Å²) in [5.41, 5.74) is 1.14. The Balaban J connectivity index is 2.51. The van der Waals surface area contributed by atoms with Crippen LogP contribution < -0.4 is 5.32 Å². The van der Waals surface area contributed by atoms with Crippen LogP contribution in [0.5, 0.6) is 0 Å². The largest absolute Gasteiger partial charge is 0.365 e. The van der Waals surface area contributed by atoms with Crippen LogP contribution in [0.15, 0.2) is 22.8 Å². The fourth-order valence-corrected chi connectivity index (χ4v) is 1.46. The first kappa shape index (κ1) is 6.85. The Hall–Kier alpha value is -0.830. The van der Waals surface area contributed by atoms with Gasteiger partial charge in [0.05, 0.1) is 0 Å². The van der Waals surface area contributed by atoms with E-state index in [0.717, 1.165) is 22.4 Å². The molecular formula is C8H7BrN2. The minimum atomic E-state index is 0.837. The van der Waals surface area contributed by atoms with Crippen LogP contribution >= 0.6 is 15.9 Å². The molecule has 2 rings (SSSR count). The highest BCUT2D eigenvalue weighted by molar-refractivity contribution is 9.11. The maximum Gasteiger partial charge on any atom is 0.133 e. The number of nitrogens with one attached hydrogen (secondary N) is 1. The number of hydrogen-bond donors (Lipinski definition) is 1. The summed E-state index contributed by atoms with van der Waals surface area (Å²) < 4.78 is 1.16. The van der Waals surface area contributed by atoms with Crippen molar-refractivity contribution in [1.82, 2.24) is 4.98 Å². The normalized spacial score (nSPS) is 14.8. The van der Waals surface area contributed by atoms with E-state index < -0.39 is 0 Å². The quantitative estimate of drug-likeness (QED) is 0.711. The zero-order chi connectivity index (χ0) is 7.68. The molecule has 11 heavy (non-hydrogen) atoms. The smallest absolute Gasteiger partial charge is 0.133 e. The molecule has 1 aromatic rings. The van der Waals surface area contributed by atoms with Gasteiger partial charge < -0.3 is 5.32 Å². The van der Waals surface area contributed by atoms with Crippen molar-refractivity contribution in [1.29, 1.82) is 0 Å². The lowest BCUT2D eigenvalue weighted by molar-refractivity contribution is 1.20. The molecule has 56 valence electrons. The highest BCUT2D eigenvalue weighted by Crippen LogP contribution is 2.22. The monoisotopic (exact) mass is 210 g/mol. The topological polar surface area (TPSA) is 24.9 Å². The number of anilines is 1. The Morgan fingerprint density at radius 2 is 2.45 bits per heavy atom. The molecule has 0 aliphatic carbocycles. The van der Waals surface area contributed by atoms with E-state index in [-0.39, 0.29) is 0 Å². The number of halogens is 1. The van der Waals surface area contributed by atoms with E-state index in [9.17, 15) is 0 Å². The standard InChI is InChI=1S/C8H7BrN2/c9-7-4-6-2-1-3-10-8(6)11-5-7/h1-4H,5H2,(H,10,11). The molecule has 2 nitrogen and oxygen atoms in total. The number of pyridine rings is 1. The van der Waals surface area contributed by atoms with Gasteiger partial charge >= 0.3 is 0 Å². The van der Waals surface area contributed by atoms with Gasteiger partial charge in [-0.15, -0.1) is 0 Å². The van der Waals surface area contributed by atoms with Crippen LogP contribution in [-0.2, 0) is 0 Å². The van der Waals surface area contributed by atoms with Crippen molar-refractivity contribution in [2.75, 3.05) is 11.9 Å². The third-order valence-electron chi connectivity index (χ3n) is 1.58. The summed E-state index contributed by atoms with van der Waals surface area (Å²) in [5, 5.41) is 3.19. The first-order valence-corrected chi connectivity index (χ1v) is 4.20. The van der Waals surface area contributed by atoms with E-state index in [1.807, 2.05) is 12.1 Å². The average Bonchev–Trinajstić information content (AvgIpc) is 2.04. The third-order valence-corrected chi connectivity index (χ3v) is 2.09. The Labute approximate surface area is 73.5 Å². The van der Waals surface area contributed by atoms with E-state index in [1.54, 1.807) is 6.20 Å². The van der Waals surface area contributed by atoms with Crippen LogP contribution in [0.3, 0.4) is 0 Å². The first-order valence-electron chi connectivity index (χ1n) is 3.41. The fourth-order valence-electron chi connectivity index (χ4n) is 1.07. The van der Waals surface area contributed by atoms with Gasteiger partial charge in [0.2, 0.25) is 0 Å². The summed E-state index contributed by atoms with van der Waals surface area (Å²) in [6.45, 7) is 0.837. The molecule has 0 radical (unpaired) electrons. The molecular weight excluding hydrogens is 204 g/mol. The van der Waals surface area contributed by atoms with Crippen molar-refractivity contribution < 1.29 is 0 Å². The van der Waals surface area contributed by atoms with Crippen molar-refractivity contribution in [2.24, 2.45) is 0 Å². The van der Waals surface area contributed by atoms with E-state index in [4.69, 9.17) is 0 Å². The molecule has 1 aliphatic rings. The van der Waals surface area contributed by atoms with Crippen LogP contribution in [0.2, 0.25) is 0 Å². The van der Waals surface area contributed by atoms with Gasteiger partial charge in [-0.1, -0.05) is 15.9 Å². The van der Waals surface area contributed by atoms with E-state index >= 15 is 0 Å². The highest BCUT2D eigenvalue weighted by atomic mass is 79.9. The molecule has 1 aliphatic heterocycles. The van der Waals surface area contributed by atoms with Crippen LogP contribution in [0, 0.1) is 0 Å². The molecule has 1 aromatic heterocycles. The predicted octanol–water partition coefficient (Wildman–Crippen LogP) is 2.24. The Morgan fingerprint density at radius 3 is 3.36 bits per heavy atom. The van der Waals surface area contributed by atoms with Crippen LogP contribution in [0.4, 0.5) is 5.82 Å². The zero-order valence-electron chi connectivity index (χ0n) is 5.84. The van der Waals surface area contributed by atoms with Gasteiger partial charge in [-0.25, -0.2) is 4.98 Å². The average molecular weight is 211 g/mol. The number of hydrogen-bond acceptors (Lipinski definition) is 2. The Kier molecular flexibility index (Phi) is 1.66. The minimum absolute atomic E-state index is 0.837. The number of rotatable bonds is 0. The van der Waals surface area contributed by atoms with Gasteiger partial charge in [0.15, 0.2) is 0 Å². The van der Waals surface area contributed by atoms with Gasteiger partial charge in [-0.2, -0.15) is 0 Å². The maximum atomic E-state index is 4.18. The van der Waals surface area contributed by atoms with Crippen molar-refractivity contribution in [3.8, 4) is 0 Å². The van der Waals surface area contributed by atoms with Gasteiger partial charge in [0.25, 0.3) is 0 Å². The van der Waals surface area contributed by atoms with E-state index in [2.05, 4.69) is 32.3 Å². The number of fused-ring (bicyclic) bond motifs is 1. The van der Waals surface area contributed by atoms with Crippen molar-refractivity contribution in [3.63, 3.8) is 0 Å². The minimum Gasteiger partial charge on any atom is -0.365 e. The molecule has 0 saturated carbocycles. The number of aromatic nitrogens is 1. The van der Waals surface area contributed by atoms with Crippen molar-refractivity contribution >= 4 is 27.8 Å². The Morgan fingerprint density at radius 1 is 1.55 bits per heavy atom. The molecule has 0 spiro atoms. The second-order valence-corrected chi connectivity index (χ2v) is 3.40. The van der Waals surface area contributed by atoms with E-state index in [0.29, 0.717) is 0 Å². The molecule has 0 aromatic carbocycles. The maximum absolute atomic E-state index is 4.18. The van der Waals surface area contributed by atoms with Gasteiger partial charge in [-0.05, 0) is 18.2 Å². The highest BCUT2D eigenvalue weighted by Gasteiger charge is 2.06. The molecule has 0 bridgehead atoms. The number of nitrogens with zero attached hydrogens (tertiary/aromatic N) is 1. The Bertz CT molecular complexity index is 307. The summed E-state index contributed by atoms with van der Waals surface area (Å²) in [5.74, 6) is 0.968. The van der Waals surface area contributed by atoms with Crippen LogP contribution in [-0.4, -0.2) is 11.5 Å². The molecule has 0 amide bonds. The molecule has 0 unspecified atom stereocenters. The lowest BCUT2D eigenvalue weighted by Gasteiger charge is -2.13. The van der Waals surface area contributed by atoms with E-state index in [1.165, 1.54) is 0 Å². The van der Waals surface area contributed by atoms with Crippen LogP contribution in [0.25, 0.3) is 6.08 Å². The summed E-state index contributed by atoms with van der Waals surface area (Å²) >= 11 is 3.43. The van der Waals surface area contributed by atoms with Gasteiger partial charge in [0.1, 0.15) is 5.82 Å². The molecule has 3 heteroatoms. The molecule has 0 fully saturated rings. The van der Waals surface area contributed by atoms with Crippen LogP contribution in [0.1, 0.15) is 5.56 Å². The second-order valence-electron chi connectivity index (χ2n) is 2.39. The summed E-state index contributed by atoms with van der Waals surface area (Å²) in [7, 11) is 0. The first-order chi connectivity index (χ1) is 5.36. The van der Waals surface area contributed by atoms with Crippen molar-refractivity contribution in [3.05, 3.63) is 28.4 Å². The molecule has 1 N–H and O–H groups in total. The van der Waals surface area contributed by atoms with Crippen molar-refractivity contribution in [2.45, 2.75) is 0 Å². The van der Waals surface area contributed by atoms with Gasteiger partial charge in [0, 0.05) is 22.8 Å².